The Kier molecular flexibility index (Phi) is 3.81. The molecule has 4 heteroatoms. The summed E-state index contributed by atoms with van der Waals surface area (Å²) in [7, 11) is 0. The Morgan fingerprint density at radius 2 is 2.10 bits per heavy atom. The second-order valence-electron chi connectivity index (χ2n) is 5.27. The van der Waals surface area contributed by atoms with E-state index in [4.69, 9.17) is 4.52 Å². The highest BCUT2D eigenvalue weighted by molar-refractivity contribution is 5.76. The second-order valence-corrected chi connectivity index (χ2v) is 5.27. The van der Waals surface area contributed by atoms with E-state index in [-0.39, 0.29) is 11.9 Å². The number of nitrogens with one attached hydrogen (secondary N) is 1. The lowest BCUT2D eigenvalue weighted by Gasteiger charge is -2.15. The van der Waals surface area contributed by atoms with Crippen LogP contribution in [0, 0.1) is 0 Å². The molecule has 0 radical (unpaired) electrons. The van der Waals surface area contributed by atoms with E-state index in [9.17, 15) is 4.79 Å². The summed E-state index contributed by atoms with van der Waals surface area (Å²) in [6.45, 7) is 0. The highest BCUT2D eigenvalue weighted by atomic mass is 16.5. The van der Waals surface area contributed by atoms with Gasteiger partial charge in [-0.05, 0) is 19.3 Å². The molecule has 0 bridgehead atoms. The summed E-state index contributed by atoms with van der Waals surface area (Å²) in [5, 5.41) is 7.19. The average Bonchev–Trinajstić information content (AvgIpc) is 2.82. The van der Waals surface area contributed by atoms with Crippen LogP contribution in [0.2, 0.25) is 0 Å². The average molecular weight is 270 g/mol. The van der Waals surface area contributed by atoms with Gasteiger partial charge in [-0.3, -0.25) is 4.79 Å². The van der Waals surface area contributed by atoms with E-state index in [0.717, 1.165) is 42.5 Å². The number of rotatable bonds is 3. The maximum Gasteiger partial charge on any atom is 0.220 e. The molecule has 0 saturated carbocycles. The van der Waals surface area contributed by atoms with Crippen molar-refractivity contribution in [2.45, 2.75) is 38.1 Å². The van der Waals surface area contributed by atoms with Gasteiger partial charge in [-0.15, -0.1) is 0 Å². The molecule has 0 spiro atoms. The molecule has 1 saturated heterocycles. The van der Waals surface area contributed by atoms with Crippen LogP contribution in [0.4, 0.5) is 0 Å². The van der Waals surface area contributed by atoms with Crippen LogP contribution in [-0.4, -0.2) is 17.1 Å². The molecule has 1 aromatic carbocycles. The fourth-order valence-electron chi connectivity index (χ4n) is 2.70. The largest absolute Gasteiger partial charge is 0.364 e. The van der Waals surface area contributed by atoms with Gasteiger partial charge in [0.2, 0.25) is 5.91 Å². The molecule has 1 atom stereocenters. The van der Waals surface area contributed by atoms with Crippen LogP contribution in [0.3, 0.4) is 0 Å². The first kappa shape index (κ1) is 12.9. The van der Waals surface area contributed by atoms with Gasteiger partial charge in [-0.25, -0.2) is 0 Å². The monoisotopic (exact) mass is 270 g/mol. The minimum atomic E-state index is 0.158. The third-order valence-corrected chi connectivity index (χ3v) is 3.73. The first-order valence-electron chi connectivity index (χ1n) is 7.11. The van der Waals surface area contributed by atoms with Crippen molar-refractivity contribution in [2.75, 3.05) is 0 Å². The maximum absolute atomic E-state index is 11.6. The number of hydrogen-bond donors (Lipinski definition) is 1. The van der Waals surface area contributed by atoms with E-state index >= 15 is 0 Å². The Morgan fingerprint density at radius 1 is 1.25 bits per heavy atom. The zero-order chi connectivity index (χ0) is 13.8. The van der Waals surface area contributed by atoms with E-state index in [1.165, 1.54) is 0 Å². The van der Waals surface area contributed by atoms with Crippen LogP contribution >= 0.6 is 0 Å². The van der Waals surface area contributed by atoms with Crippen molar-refractivity contribution >= 4 is 5.91 Å². The molecule has 1 aliphatic heterocycles. The van der Waals surface area contributed by atoms with E-state index < -0.39 is 0 Å². The van der Waals surface area contributed by atoms with Gasteiger partial charge in [0.05, 0.1) is 0 Å². The summed E-state index contributed by atoms with van der Waals surface area (Å²) in [5.41, 5.74) is 2.99. The van der Waals surface area contributed by atoms with Gasteiger partial charge in [0.15, 0.2) is 0 Å². The minimum Gasteiger partial charge on any atom is -0.364 e. The molecule has 2 aromatic rings. The van der Waals surface area contributed by atoms with Crippen molar-refractivity contribution in [1.82, 2.24) is 10.5 Å². The van der Waals surface area contributed by atoms with Gasteiger partial charge in [0.25, 0.3) is 0 Å². The molecule has 1 aliphatic rings. The minimum absolute atomic E-state index is 0.158. The molecule has 1 amide bonds. The van der Waals surface area contributed by atoms with E-state index in [0.29, 0.717) is 6.42 Å². The van der Waals surface area contributed by atoms with Crippen molar-refractivity contribution in [1.29, 1.82) is 0 Å². The van der Waals surface area contributed by atoms with Crippen LogP contribution in [0.5, 0.6) is 0 Å². The molecular weight excluding hydrogens is 252 g/mol. The predicted molar refractivity (Wildman–Crippen MR) is 76.0 cm³/mol. The zero-order valence-electron chi connectivity index (χ0n) is 11.3. The molecule has 1 unspecified atom stereocenters. The first-order chi connectivity index (χ1) is 9.83. The molecule has 20 heavy (non-hydrogen) atoms. The lowest BCUT2D eigenvalue weighted by Crippen LogP contribution is -2.34. The summed E-state index contributed by atoms with van der Waals surface area (Å²) in [6.07, 6.45) is 6.21. The number of hydrogen-bond acceptors (Lipinski definition) is 3. The Hall–Kier alpha value is -2.10. The molecule has 1 aromatic heterocycles. The van der Waals surface area contributed by atoms with Gasteiger partial charge in [0, 0.05) is 23.6 Å². The van der Waals surface area contributed by atoms with Crippen LogP contribution in [-0.2, 0) is 11.2 Å². The molecule has 3 rings (SSSR count). The van der Waals surface area contributed by atoms with Crippen molar-refractivity contribution < 1.29 is 9.32 Å². The smallest absolute Gasteiger partial charge is 0.220 e. The van der Waals surface area contributed by atoms with Crippen molar-refractivity contribution in [3.05, 3.63) is 42.2 Å². The number of benzene rings is 1. The SMILES string of the molecule is O=C1CCCCC(Cc2conc2-c2ccccc2)N1. The Labute approximate surface area is 118 Å². The van der Waals surface area contributed by atoms with Gasteiger partial charge < -0.3 is 9.84 Å². The van der Waals surface area contributed by atoms with Gasteiger partial charge >= 0.3 is 0 Å². The van der Waals surface area contributed by atoms with E-state index in [1.54, 1.807) is 6.26 Å². The first-order valence-corrected chi connectivity index (χ1v) is 7.11. The number of carbonyl (C=O) groups is 1. The van der Waals surface area contributed by atoms with Crippen LogP contribution in [0.25, 0.3) is 11.3 Å². The predicted octanol–water partition coefficient (Wildman–Crippen LogP) is 2.94. The topological polar surface area (TPSA) is 55.1 Å². The lowest BCUT2D eigenvalue weighted by molar-refractivity contribution is -0.121. The highest BCUT2D eigenvalue weighted by Crippen LogP contribution is 2.24. The van der Waals surface area contributed by atoms with Gasteiger partial charge in [-0.2, -0.15) is 0 Å². The zero-order valence-corrected chi connectivity index (χ0v) is 11.3. The summed E-state index contributed by atoms with van der Waals surface area (Å²) in [4.78, 5) is 11.6. The van der Waals surface area contributed by atoms with E-state index in [2.05, 4.69) is 10.5 Å². The Bertz CT molecular complexity index is 577. The molecule has 1 N–H and O–H groups in total. The van der Waals surface area contributed by atoms with Gasteiger partial charge in [0.1, 0.15) is 12.0 Å². The summed E-state index contributed by atoms with van der Waals surface area (Å²) >= 11 is 0. The van der Waals surface area contributed by atoms with Crippen molar-refractivity contribution in [3.8, 4) is 11.3 Å². The third-order valence-electron chi connectivity index (χ3n) is 3.73. The summed E-state index contributed by atoms with van der Waals surface area (Å²) < 4.78 is 5.14. The maximum atomic E-state index is 11.6. The highest BCUT2D eigenvalue weighted by Gasteiger charge is 2.20. The Morgan fingerprint density at radius 3 is 2.95 bits per heavy atom. The van der Waals surface area contributed by atoms with Crippen LogP contribution in [0.15, 0.2) is 41.1 Å². The van der Waals surface area contributed by atoms with Crippen LogP contribution in [0.1, 0.15) is 31.2 Å². The number of carbonyl (C=O) groups excluding carboxylic acids is 1. The molecule has 1 fully saturated rings. The number of amides is 1. The van der Waals surface area contributed by atoms with Crippen LogP contribution < -0.4 is 5.32 Å². The van der Waals surface area contributed by atoms with Crippen molar-refractivity contribution in [2.24, 2.45) is 0 Å². The molecule has 4 nitrogen and oxygen atoms in total. The molecular formula is C16H18N2O2. The second kappa shape index (κ2) is 5.90. The van der Waals surface area contributed by atoms with Crippen molar-refractivity contribution in [3.63, 3.8) is 0 Å². The third kappa shape index (κ3) is 2.90. The quantitative estimate of drug-likeness (QED) is 0.933. The number of aromatic nitrogens is 1. The summed E-state index contributed by atoms with van der Waals surface area (Å²) in [5.74, 6) is 0.158. The van der Waals surface area contributed by atoms with E-state index in [1.807, 2.05) is 30.3 Å². The number of nitrogens with zero attached hydrogens (tertiary/aromatic N) is 1. The normalized spacial score (nSPS) is 19.4. The fraction of sp³-hybridized carbons (Fsp3) is 0.375. The lowest BCUT2D eigenvalue weighted by atomic mass is 9.99. The Balaban J connectivity index is 1.78. The fourth-order valence-corrected chi connectivity index (χ4v) is 2.70. The summed E-state index contributed by atoms with van der Waals surface area (Å²) in [6, 6.07) is 10.2. The molecule has 2 heterocycles. The molecule has 104 valence electrons. The standard InChI is InChI=1S/C16H18N2O2/c19-15-9-5-4-8-14(17-15)10-13-11-20-18-16(13)12-6-2-1-3-7-12/h1-3,6-7,11,14H,4-5,8-10H2,(H,17,19). The molecule has 0 aliphatic carbocycles. The van der Waals surface area contributed by atoms with Gasteiger partial charge in [-0.1, -0.05) is 41.9 Å².